The fourth-order valence-corrected chi connectivity index (χ4v) is 2.11. The van der Waals surface area contributed by atoms with Crippen molar-refractivity contribution >= 4 is 11.9 Å². The molecule has 0 spiro atoms. The van der Waals surface area contributed by atoms with E-state index < -0.39 is 0 Å². The number of hydrogen-bond donors (Lipinski definition) is 1. The summed E-state index contributed by atoms with van der Waals surface area (Å²) >= 11 is 0. The molecule has 4 nitrogen and oxygen atoms in total. The van der Waals surface area contributed by atoms with Gasteiger partial charge in [-0.2, -0.15) is 0 Å². The quantitative estimate of drug-likeness (QED) is 0.851. The van der Waals surface area contributed by atoms with Gasteiger partial charge in [0, 0.05) is 0 Å². The summed E-state index contributed by atoms with van der Waals surface area (Å²) in [5, 5.41) is 9.43. The molecule has 2 aromatic carbocycles. The summed E-state index contributed by atoms with van der Waals surface area (Å²) in [6, 6.07) is 11.8. The minimum atomic E-state index is -0.192. The van der Waals surface area contributed by atoms with Crippen molar-refractivity contribution in [1.29, 1.82) is 0 Å². The van der Waals surface area contributed by atoms with E-state index in [9.17, 15) is 9.90 Å². The summed E-state index contributed by atoms with van der Waals surface area (Å²) in [4.78, 5) is 12.2. The number of Topliss-reactive ketones (excluding diaryl/α,β-unsaturated/α-hetero) is 1. The molecule has 0 aliphatic carbocycles. The van der Waals surface area contributed by atoms with Crippen LogP contribution in [-0.4, -0.2) is 18.0 Å². The van der Waals surface area contributed by atoms with Crippen LogP contribution >= 0.6 is 0 Å². The summed E-state index contributed by atoms with van der Waals surface area (Å²) in [7, 11) is 1.53. The molecule has 1 aliphatic heterocycles. The van der Waals surface area contributed by atoms with Gasteiger partial charge >= 0.3 is 0 Å². The maximum absolute atomic E-state index is 12.2. The van der Waals surface area contributed by atoms with Gasteiger partial charge in [-0.05, 0) is 35.9 Å². The highest BCUT2D eigenvalue weighted by Crippen LogP contribution is 2.39. The fraction of sp³-hybridized carbons (Fsp3) is 0.0625. The zero-order valence-corrected chi connectivity index (χ0v) is 10.8. The molecule has 0 amide bonds. The fourth-order valence-electron chi connectivity index (χ4n) is 2.11. The van der Waals surface area contributed by atoms with E-state index in [0.717, 1.165) is 0 Å². The molecule has 1 N–H and O–H groups in total. The van der Waals surface area contributed by atoms with Gasteiger partial charge < -0.3 is 14.6 Å². The molecule has 0 unspecified atom stereocenters. The number of benzene rings is 2. The smallest absolute Gasteiger partial charge is 0.232 e. The first kappa shape index (κ1) is 12.3. The Balaban J connectivity index is 2.01. The van der Waals surface area contributed by atoms with Crippen molar-refractivity contribution in [2.75, 3.05) is 7.11 Å². The average molecular weight is 268 g/mol. The third kappa shape index (κ3) is 2.01. The molecule has 0 aromatic heterocycles. The zero-order valence-electron chi connectivity index (χ0n) is 10.8. The van der Waals surface area contributed by atoms with E-state index in [1.165, 1.54) is 7.11 Å². The highest BCUT2D eigenvalue weighted by Gasteiger charge is 2.29. The van der Waals surface area contributed by atoms with Gasteiger partial charge in [0.15, 0.2) is 17.3 Å². The average Bonchev–Trinajstić information content (AvgIpc) is 2.76. The van der Waals surface area contributed by atoms with E-state index in [0.29, 0.717) is 22.6 Å². The van der Waals surface area contributed by atoms with Crippen molar-refractivity contribution in [2.45, 2.75) is 0 Å². The van der Waals surface area contributed by atoms with Crippen molar-refractivity contribution < 1.29 is 19.4 Å². The zero-order chi connectivity index (χ0) is 14.1. The molecule has 1 aliphatic rings. The van der Waals surface area contributed by atoms with Crippen molar-refractivity contribution in [2.24, 2.45) is 0 Å². The SMILES string of the molecule is COc1cccc2c1O/C(=C\c1cccc(O)c1)C2=O. The molecule has 4 heteroatoms. The van der Waals surface area contributed by atoms with Crippen LogP contribution in [0.1, 0.15) is 15.9 Å². The number of carbonyl (C=O) groups is 1. The van der Waals surface area contributed by atoms with E-state index >= 15 is 0 Å². The van der Waals surface area contributed by atoms with E-state index in [2.05, 4.69) is 0 Å². The number of carbonyl (C=O) groups excluding carboxylic acids is 1. The number of methoxy groups -OCH3 is 1. The number of para-hydroxylation sites is 1. The molecular formula is C16H12O4. The summed E-state index contributed by atoms with van der Waals surface area (Å²) in [5.74, 6) is 1.12. The number of ether oxygens (including phenoxy) is 2. The van der Waals surface area contributed by atoms with Gasteiger partial charge in [0.2, 0.25) is 5.78 Å². The van der Waals surface area contributed by atoms with Crippen LogP contribution in [0, 0.1) is 0 Å². The first-order valence-electron chi connectivity index (χ1n) is 6.09. The van der Waals surface area contributed by atoms with Crippen molar-refractivity contribution in [3.63, 3.8) is 0 Å². The van der Waals surface area contributed by atoms with Gasteiger partial charge in [-0.25, -0.2) is 0 Å². The van der Waals surface area contributed by atoms with E-state index in [1.807, 2.05) is 0 Å². The molecule has 0 saturated heterocycles. The van der Waals surface area contributed by atoms with Crippen LogP contribution in [0.3, 0.4) is 0 Å². The molecule has 0 atom stereocenters. The maximum atomic E-state index is 12.2. The molecule has 2 aromatic rings. The standard InChI is InChI=1S/C16H12O4/c1-19-13-7-3-6-12-15(18)14(20-16(12)13)9-10-4-2-5-11(17)8-10/h2-9,17H,1H3/b14-9-. The molecule has 0 saturated carbocycles. The molecule has 1 heterocycles. The van der Waals surface area contributed by atoms with Gasteiger partial charge in [0.05, 0.1) is 12.7 Å². The maximum Gasteiger partial charge on any atom is 0.232 e. The van der Waals surface area contributed by atoms with Crippen LogP contribution in [-0.2, 0) is 0 Å². The second-order valence-corrected chi connectivity index (χ2v) is 4.37. The number of hydrogen-bond acceptors (Lipinski definition) is 4. The van der Waals surface area contributed by atoms with E-state index in [1.54, 1.807) is 48.5 Å². The minimum absolute atomic E-state index is 0.139. The van der Waals surface area contributed by atoms with Gasteiger partial charge in [-0.1, -0.05) is 18.2 Å². The highest BCUT2D eigenvalue weighted by molar-refractivity contribution is 6.15. The predicted octanol–water partition coefficient (Wildman–Crippen LogP) is 3.02. The summed E-state index contributed by atoms with van der Waals surface area (Å²) in [6.07, 6.45) is 1.60. The Morgan fingerprint density at radius 2 is 2.00 bits per heavy atom. The second kappa shape index (κ2) is 4.74. The second-order valence-electron chi connectivity index (χ2n) is 4.37. The number of rotatable bonds is 2. The van der Waals surface area contributed by atoms with Gasteiger partial charge in [-0.3, -0.25) is 4.79 Å². The lowest BCUT2D eigenvalue weighted by atomic mass is 10.1. The number of allylic oxidation sites excluding steroid dienone is 1. The number of aromatic hydroxyl groups is 1. The third-order valence-corrected chi connectivity index (χ3v) is 3.05. The van der Waals surface area contributed by atoms with Gasteiger partial charge in [-0.15, -0.1) is 0 Å². The largest absolute Gasteiger partial charge is 0.508 e. The van der Waals surface area contributed by atoms with E-state index in [4.69, 9.17) is 9.47 Å². The number of fused-ring (bicyclic) bond motifs is 1. The van der Waals surface area contributed by atoms with E-state index in [-0.39, 0.29) is 17.3 Å². The normalized spacial score (nSPS) is 15.1. The van der Waals surface area contributed by atoms with Crippen LogP contribution < -0.4 is 9.47 Å². The molecule has 0 fully saturated rings. The Labute approximate surface area is 115 Å². The molecule has 0 bridgehead atoms. The van der Waals surface area contributed by atoms with Gasteiger partial charge in [0.25, 0.3) is 0 Å². The monoisotopic (exact) mass is 268 g/mol. The van der Waals surface area contributed by atoms with Crippen LogP contribution in [0.4, 0.5) is 0 Å². The van der Waals surface area contributed by atoms with Gasteiger partial charge in [0.1, 0.15) is 5.75 Å². The Morgan fingerprint density at radius 1 is 1.20 bits per heavy atom. The Kier molecular flexibility index (Phi) is 2.91. The highest BCUT2D eigenvalue weighted by atomic mass is 16.5. The topological polar surface area (TPSA) is 55.8 Å². The van der Waals surface area contributed by atoms with Crippen molar-refractivity contribution in [1.82, 2.24) is 0 Å². The molecule has 20 heavy (non-hydrogen) atoms. The van der Waals surface area contributed by atoms with Crippen LogP contribution in [0.25, 0.3) is 6.08 Å². The molecule has 100 valence electrons. The van der Waals surface area contributed by atoms with Crippen LogP contribution in [0.2, 0.25) is 0 Å². The lowest BCUT2D eigenvalue weighted by Gasteiger charge is -2.04. The first-order valence-corrected chi connectivity index (χ1v) is 6.09. The summed E-state index contributed by atoms with van der Waals surface area (Å²) in [5.41, 5.74) is 1.18. The Bertz CT molecular complexity index is 716. The Morgan fingerprint density at radius 3 is 2.75 bits per heavy atom. The third-order valence-electron chi connectivity index (χ3n) is 3.05. The molecule has 0 radical (unpaired) electrons. The van der Waals surface area contributed by atoms with Crippen LogP contribution in [0.15, 0.2) is 48.2 Å². The lowest BCUT2D eigenvalue weighted by Crippen LogP contribution is -1.97. The van der Waals surface area contributed by atoms with Crippen molar-refractivity contribution in [3.8, 4) is 17.2 Å². The summed E-state index contributed by atoms with van der Waals surface area (Å²) in [6.45, 7) is 0. The number of phenolic OH excluding ortho intramolecular Hbond substituents is 1. The predicted molar refractivity (Wildman–Crippen MR) is 74.0 cm³/mol. The first-order chi connectivity index (χ1) is 9.69. The molecular weight excluding hydrogens is 256 g/mol. The molecule has 3 rings (SSSR count). The summed E-state index contributed by atoms with van der Waals surface area (Å²) < 4.78 is 10.8. The number of ketones is 1. The van der Waals surface area contributed by atoms with Crippen molar-refractivity contribution in [3.05, 3.63) is 59.4 Å². The Hall–Kier alpha value is -2.75. The lowest BCUT2D eigenvalue weighted by molar-refractivity contribution is 0.101. The number of phenols is 1. The van der Waals surface area contributed by atoms with Crippen LogP contribution in [0.5, 0.6) is 17.2 Å². The minimum Gasteiger partial charge on any atom is -0.508 e.